The van der Waals surface area contributed by atoms with Gasteiger partial charge in [-0.3, -0.25) is 14.4 Å². The molecule has 2 aliphatic rings. The average molecular weight is 208 g/mol. The van der Waals surface area contributed by atoms with E-state index in [1.165, 1.54) is 0 Å². The number of allylic oxidation sites excluding steroid dienone is 2. The van der Waals surface area contributed by atoms with Crippen molar-refractivity contribution in [3.8, 4) is 0 Å². The summed E-state index contributed by atoms with van der Waals surface area (Å²) in [5.74, 6) is -0.751. The first-order chi connectivity index (χ1) is 7.25. The van der Waals surface area contributed by atoms with Crippen LogP contribution in [0.5, 0.6) is 0 Å². The van der Waals surface area contributed by atoms with Crippen LogP contribution in [0, 0.1) is 0 Å². The number of hydrogen-bond donors (Lipinski definition) is 1. The molecular formula is C10H12N2O3. The number of carbonyl (C=O) groups excluding carboxylic acids is 2. The number of carbonyl (C=O) groups is 2. The maximum absolute atomic E-state index is 11.7. The van der Waals surface area contributed by atoms with Crippen LogP contribution in [0.15, 0.2) is 23.3 Å². The lowest BCUT2D eigenvalue weighted by atomic mass is 10.0. The molecule has 1 fully saturated rings. The smallest absolute Gasteiger partial charge is 0.285 e. The summed E-state index contributed by atoms with van der Waals surface area (Å²) < 4.78 is 0. The lowest BCUT2D eigenvalue weighted by Crippen LogP contribution is -2.31. The number of rotatable bonds is 3. The van der Waals surface area contributed by atoms with E-state index >= 15 is 0 Å². The van der Waals surface area contributed by atoms with E-state index in [1.807, 2.05) is 0 Å². The number of hydrogen-bond acceptors (Lipinski definition) is 4. The molecule has 2 N–H and O–H groups in total. The Labute approximate surface area is 87.1 Å². The summed E-state index contributed by atoms with van der Waals surface area (Å²) in [4.78, 5) is 28.4. The van der Waals surface area contributed by atoms with E-state index in [9.17, 15) is 9.59 Å². The molecule has 5 heteroatoms. The molecule has 0 unspecified atom stereocenters. The minimum absolute atomic E-state index is 0.165. The second kappa shape index (κ2) is 3.96. The van der Waals surface area contributed by atoms with Crippen molar-refractivity contribution in [1.82, 2.24) is 5.06 Å². The monoisotopic (exact) mass is 208 g/mol. The topological polar surface area (TPSA) is 72.6 Å². The van der Waals surface area contributed by atoms with E-state index in [4.69, 9.17) is 10.6 Å². The highest BCUT2D eigenvalue weighted by Crippen LogP contribution is 2.29. The third-order valence-corrected chi connectivity index (χ3v) is 2.32. The van der Waals surface area contributed by atoms with Crippen LogP contribution in [0.4, 0.5) is 0 Å². The van der Waals surface area contributed by atoms with Crippen LogP contribution in [0.1, 0.15) is 12.8 Å². The zero-order chi connectivity index (χ0) is 10.8. The van der Waals surface area contributed by atoms with Gasteiger partial charge in [-0.25, -0.2) is 0 Å². The molecule has 2 rings (SSSR count). The van der Waals surface area contributed by atoms with Crippen molar-refractivity contribution in [2.45, 2.75) is 12.8 Å². The number of fused-ring (bicyclic) bond motifs is 1. The molecule has 0 spiro atoms. The van der Waals surface area contributed by atoms with E-state index < -0.39 is 0 Å². The van der Waals surface area contributed by atoms with Crippen molar-refractivity contribution in [1.29, 1.82) is 0 Å². The standard InChI is InChI=1S/C10H12N2O3/c11-5-6-15-12-9(13)7-3-1-2-4-8(7)10(12)14/h3-4H,1-2,5-6,11H2. The number of nitrogens with zero attached hydrogens (tertiary/aromatic N) is 1. The van der Waals surface area contributed by atoms with Gasteiger partial charge < -0.3 is 5.73 Å². The van der Waals surface area contributed by atoms with Gasteiger partial charge in [0.05, 0.1) is 17.8 Å². The van der Waals surface area contributed by atoms with Crippen LogP contribution in [-0.2, 0) is 14.4 Å². The zero-order valence-electron chi connectivity index (χ0n) is 8.23. The maximum Gasteiger partial charge on any atom is 0.285 e. The molecule has 0 aromatic heterocycles. The van der Waals surface area contributed by atoms with Crippen molar-refractivity contribution in [2.75, 3.05) is 13.2 Å². The lowest BCUT2D eigenvalue weighted by molar-refractivity contribution is -0.184. The van der Waals surface area contributed by atoms with Gasteiger partial charge in [-0.05, 0) is 12.8 Å². The highest BCUT2D eigenvalue weighted by molar-refractivity contribution is 6.23. The summed E-state index contributed by atoms with van der Waals surface area (Å²) in [6.07, 6.45) is 5.15. The molecule has 0 aromatic rings. The maximum atomic E-state index is 11.7. The van der Waals surface area contributed by atoms with Crippen LogP contribution >= 0.6 is 0 Å². The first-order valence-electron chi connectivity index (χ1n) is 4.88. The largest absolute Gasteiger partial charge is 0.328 e. The minimum atomic E-state index is -0.376. The van der Waals surface area contributed by atoms with E-state index in [-0.39, 0.29) is 25.0 Å². The van der Waals surface area contributed by atoms with Crippen molar-refractivity contribution < 1.29 is 14.4 Å². The molecule has 0 atom stereocenters. The molecular weight excluding hydrogens is 196 g/mol. The van der Waals surface area contributed by atoms with Crippen molar-refractivity contribution in [2.24, 2.45) is 5.73 Å². The molecule has 1 aliphatic carbocycles. The van der Waals surface area contributed by atoms with Gasteiger partial charge in [0.15, 0.2) is 0 Å². The molecule has 0 bridgehead atoms. The van der Waals surface area contributed by atoms with Crippen molar-refractivity contribution >= 4 is 11.8 Å². The summed E-state index contributed by atoms with van der Waals surface area (Å²) in [5, 5.41) is 0.801. The van der Waals surface area contributed by atoms with Gasteiger partial charge in [-0.2, -0.15) is 0 Å². The van der Waals surface area contributed by atoms with Crippen LogP contribution in [0.2, 0.25) is 0 Å². The summed E-state index contributed by atoms with van der Waals surface area (Å²) in [5.41, 5.74) is 6.16. The fourth-order valence-electron chi connectivity index (χ4n) is 1.65. The minimum Gasteiger partial charge on any atom is -0.328 e. The molecule has 2 amide bonds. The summed E-state index contributed by atoms with van der Waals surface area (Å²) in [6.45, 7) is 0.438. The molecule has 1 aliphatic heterocycles. The van der Waals surface area contributed by atoms with Gasteiger partial charge >= 0.3 is 0 Å². The Bertz CT molecular complexity index is 339. The number of amides is 2. The van der Waals surface area contributed by atoms with E-state index in [0.717, 1.165) is 17.9 Å². The Morgan fingerprint density at radius 3 is 2.20 bits per heavy atom. The van der Waals surface area contributed by atoms with Gasteiger partial charge in [-0.15, -0.1) is 5.06 Å². The second-order valence-corrected chi connectivity index (χ2v) is 3.34. The van der Waals surface area contributed by atoms with Crippen LogP contribution in [0.3, 0.4) is 0 Å². The summed E-state index contributed by atoms with van der Waals surface area (Å²) in [6, 6.07) is 0. The number of nitrogens with two attached hydrogens (primary N) is 1. The first-order valence-corrected chi connectivity index (χ1v) is 4.88. The van der Waals surface area contributed by atoms with Crippen molar-refractivity contribution in [3.63, 3.8) is 0 Å². The third-order valence-electron chi connectivity index (χ3n) is 2.32. The Morgan fingerprint density at radius 2 is 1.73 bits per heavy atom. The molecule has 5 nitrogen and oxygen atoms in total. The molecule has 80 valence electrons. The SMILES string of the molecule is NCCON1C(=O)C2=CCCC=C2C1=O. The Balaban J connectivity index is 2.22. The molecule has 1 heterocycles. The van der Waals surface area contributed by atoms with Gasteiger partial charge in [0.2, 0.25) is 0 Å². The van der Waals surface area contributed by atoms with E-state index in [0.29, 0.717) is 11.1 Å². The predicted octanol–water partition coefficient (Wildman–Crippen LogP) is -0.108. The lowest BCUT2D eigenvalue weighted by Gasteiger charge is -2.11. The number of hydroxylamine groups is 2. The average Bonchev–Trinajstić information content (AvgIpc) is 2.51. The van der Waals surface area contributed by atoms with Gasteiger partial charge in [0.25, 0.3) is 11.8 Å². The Kier molecular flexibility index (Phi) is 2.66. The Morgan fingerprint density at radius 1 is 1.20 bits per heavy atom. The molecule has 0 saturated carbocycles. The van der Waals surface area contributed by atoms with Crippen LogP contribution < -0.4 is 5.73 Å². The van der Waals surface area contributed by atoms with Crippen LogP contribution in [0.25, 0.3) is 0 Å². The van der Waals surface area contributed by atoms with Gasteiger partial charge in [0.1, 0.15) is 0 Å². The Hall–Kier alpha value is -1.46. The highest BCUT2D eigenvalue weighted by Gasteiger charge is 2.40. The molecule has 15 heavy (non-hydrogen) atoms. The summed E-state index contributed by atoms with van der Waals surface area (Å²) in [7, 11) is 0. The van der Waals surface area contributed by atoms with Gasteiger partial charge in [0, 0.05) is 6.54 Å². The first kappa shape index (κ1) is 10.1. The van der Waals surface area contributed by atoms with E-state index in [1.54, 1.807) is 12.2 Å². The molecule has 0 radical (unpaired) electrons. The predicted molar refractivity (Wildman–Crippen MR) is 52.3 cm³/mol. The summed E-state index contributed by atoms with van der Waals surface area (Å²) >= 11 is 0. The molecule has 1 saturated heterocycles. The number of imide groups is 1. The third kappa shape index (κ3) is 1.60. The van der Waals surface area contributed by atoms with E-state index in [2.05, 4.69) is 0 Å². The molecule has 0 aromatic carbocycles. The highest BCUT2D eigenvalue weighted by atomic mass is 16.7. The zero-order valence-corrected chi connectivity index (χ0v) is 8.23. The normalized spacial score (nSPS) is 20.2. The fraction of sp³-hybridized carbons (Fsp3) is 0.400. The quantitative estimate of drug-likeness (QED) is 0.657. The second-order valence-electron chi connectivity index (χ2n) is 3.34. The van der Waals surface area contributed by atoms with Crippen molar-refractivity contribution in [3.05, 3.63) is 23.3 Å². The fourth-order valence-corrected chi connectivity index (χ4v) is 1.65. The van der Waals surface area contributed by atoms with Crippen LogP contribution in [-0.4, -0.2) is 30.0 Å². The van der Waals surface area contributed by atoms with Gasteiger partial charge in [-0.1, -0.05) is 12.2 Å².